The second-order valence-corrected chi connectivity index (χ2v) is 5.99. The molecule has 116 valence electrons. The third kappa shape index (κ3) is 5.18. The molecule has 0 saturated carbocycles. The number of nitrogens with zero attached hydrogens (tertiary/aromatic N) is 2. The molecule has 0 radical (unpaired) electrons. The van der Waals surface area contributed by atoms with Crippen LogP contribution in [0.15, 0.2) is 22.8 Å². The topological polar surface area (TPSA) is 52.2 Å². The van der Waals surface area contributed by atoms with Gasteiger partial charge in [-0.1, -0.05) is 6.42 Å². The number of furan rings is 1. The molecule has 4 nitrogen and oxygen atoms in total. The molecule has 0 bridgehead atoms. The van der Waals surface area contributed by atoms with Crippen LogP contribution in [0.25, 0.3) is 0 Å². The molecule has 1 fully saturated rings. The van der Waals surface area contributed by atoms with Gasteiger partial charge < -0.3 is 9.73 Å². The molecule has 0 aliphatic carbocycles. The van der Waals surface area contributed by atoms with Crippen LogP contribution in [-0.2, 0) is 0 Å². The van der Waals surface area contributed by atoms with Gasteiger partial charge in [0, 0.05) is 19.0 Å². The van der Waals surface area contributed by atoms with Crippen LogP contribution in [-0.4, -0.2) is 30.6 Å². The Kier molecular flexibility index (Phi) is 6.78. The maximum atomic E-state index is 8.55. The first-order chi connectivity index (χ1) is 10.3. The highest BCUT2D eigenvalue weighted by Crippen LogP contribution is 2.25. The minimum atomic E-state index is 0.351. The highest BCUT2D eigenvalue weighted by molar-refractivity contribution is 5.06. The molecular weight excluding hydrogens is 262 g/mol. The summed E-state index contributed by atoms with van der Waals surface area (Å²) in [7, 11) is 0. The van der Waals surface area contributed by atoms with Gasteiger partial charge in [0.05, 0.1) is 18.4 Å². The summed E-state index contributed by atoms with van der Waals surface area (Å²) in [5, 5.41) is 12.2. The number of likely N-dealkylation sites (tertiary alicyclic amines) is 1. The van der Waals surface area contributed by atoms with Crippen molar-refractivity contribution in [1.82, 2.24) is 10.2 Å². The summed E-state index contributed by atoms with van der Waals surface area (Å²) in [4.78, 5) is 2.52. The summed E-state index contributed by atoms with van der Waals surface area (Å²) >= 11 is 0. The fraction of sp³-hybridized carbons (Fsp3) is 0.706. The Labute approximate surface area is 128 Å². The van der Waals surface area contributed by atoms with Crippen molar-refractivity contribution >= 4 is 0 Å². The first-order valence-corrected chi connectivity index (χ1v) is 8.19. The van der Waals surface area contributed by atoms with Gasteiger partial charge in [-0.05, 0) is 57.8 Å². The van der Waals surface area contributed by atoms with Gasteiger partial charge in [0.25, 0.3) is 0 Å². The summed E-state index contributed by atoms with van der Waals surface area (Å²) in [6, 6.07) is 7.11. The lowest BCUT2D eigenvalue weighted by molar-refractivity contribution is 0.204. The van der Waals surface area contributed by atoms with Gasteiger partial charge in [0.1, 0.15) is 5.76 Å². The zero-order valence-electron chi connectivity index (χ0n) is 13.1. The Balaban J connectivity index is 1.78. The van der Waals surface area contributed by atoms with Crippen LogP contribution < -0.4 is 5.32 Å². The summed E-state index contributed by atoms with van der Waals surface area (Å²) in [6.45, 7) is 5.51. The van der Waals surface area contributed by atoms with Crippen LogP contribution in [0.2, 0.25) is 0 Å². The van der Waals surface area contributed by atoms with Crippen molar-refractivity contribution in [2.45, 2.75) is 57.5 Å². The number of hydrogen-bond acceptors (Lipinski definition) is 4. The monoisotopic (exact) mass is 289 g/mol. The van der Waals surface area contributed by atoms with Gasteiger partial charge in [-0.3, -0.25) is 4.90 Å². The lowest BCUT2D eigenvalue weighted by atomic mass is 10.1. The van der Waals surface area contributed by atoms with Gasteiger partial charge in [-0.15, -0.1) is 0 Å². The zero-order valence-corrected chi connectivity index (χ0v) is 13.1. The van der Waals surface area contributed by atoms with Crippen LogP contribution in [0.5, 0.6) is 0 Å². The molecule has 0 aromatic carbocycles. The Bertz CT molecular complexity index is 418. The van der Waals surface area contributed by atoms with Crippen molar-refractivity contribution in [1.29, 1.82) is 5.26 Å². The zero-order chi connectivity index (χ0) is 14.9. The third-order valence-corrected chi connectivity index (χ3v) is 4.29. The first-order valence-electron chi connectivity index (χ1n) is 8.19. The fourth-order valence-corrected chi connectivity index (χ4v) is 3.01. The van der Waals surface area contributed by atoms with Gasteiger partial charge in [-0.2, -0.15) is 5.26 Å². The second kappa shape index (κ2) is 8.86. The molecule has 1 saturated heterocycles. The molecule has 1 N–H and O–H groups in total. The van der Waals surface area contributed by atoms with Crippen molar-refractivity contribution in [2.24, 2.45) is 0 Å². The van der Waals surface area contributed by atoms with Crippen LogP contribution in [0.4, 0.5) is 0 Å². The van der Waals surface area contributed by atoms with Crippen molar-refractivity contribution < 1.29 is 4.42 Å². The molecule has 0 amide bonds. The molecule has 4 heteroatoms. The molecule has 2 unspecified atom stereocenters. The molecule has 2 rings (SSSR count). The van der Waals surface area contributed by atoms with E-state index in [-0.39, 0.29) is 0 Å². The van der Waals surface area contributed by atoms with Gasteiger partial charge >= 0.3 is 0 Å². The quantitative estimate of drug-likeness (QED) is 0.707. The van der Waals surface area contributed by atoms with Crippen molar-refractivity contribution in [3.05, 3.63) is 24.2 Å². The van der Waals surface area contributed by atoms with Gasteiger partial charge in [-0.25, -0.2) is 0 Å². The highest BCUT2D eigenvalue weighted by Gasteiger charge is 2.25. The molecule has 0 spiro atoms. The van der Waals surface area contributed by atoms with Crippen LogP contribution in [0.1, 0.15) is 57.3 Å². The van der Waals surface area contributed by atoms with E-state index in [1.54, 1.807) is 6.26 Å². The van der Waals surface area contributed by atoms with Crippen molar-refractivity contribution in [3.8, 4) is 6.07 Å². The average molecular weight is 289 g/mol. The fourth-order valence-electron chi connectivity index (χ4n) is 3.01. The molecular formula is C17H27N3O. The lowest BCUT2D eigenvalue weighted by Crippen LogP contribution is -2.37. The predicted molar refractivity (Wildman–Crippen MR) is 83.8 cm³/mol. The number of rotatable bonds is 9. The number of nitriles is 1. The Morgan fingerprint density at radius 1 is 1.38 bits per heavy atom. The molecule has 1 aromatic rings. The van der Waals surface area contributed by atoms with Crippen LogP contribution in [0, 0.1) is 11.3 Å². The molecule has 1 aliphatic heterocycles. The standard InChI is InChI=1S/C17H27N3O/c1-15(8-3-2-4-10-18)19-14-16(17-9-7-13-21-17)20-11-5-6-12-20/h7,9,13,15-16,19H,2-6,8,11-12,14H2,1H3. The van der Waals surface area contributed by atoms with Gasteiger partial charge in [0.15, 0.2) is 0 Å². The molecule has 21 heavy (non-hydrogen) atoms. The van der Waals surface area contributed by atoms with Crippen LogP contribution >= 0.6 is 0 Å². The maximum Gasteiger partial charge on any atom is 0.122 e. The normalized spacial score (nSPS) is 18.5. The first kappa shape index (κ1) is 16.1. The van der Waals surface area contributed by atoms with E-state index >= 15 is 0 Å². The summed E-state index contributed by atoms with van der Waals surface area (Å²) < 4.78 is 5.64. The summed E-state index contributed by atoms with van der Waals surface area (Å²) in [6.07, 6.45) is 8.29. The Morgan fingerprint density at radius 3 is 2.86 bits per heavy atom. The smallest absolute Gasteiger partial charge is 0.122 e. The van der Waals surface area contributed by atoms with Crippen LogP contribution in [0.3, 0.4) is 0 Å². The molecule has 2 heterocycles. The minimum absolute atomic E-state index is 0.351. The van der Waals surface area contributed by atoms with E-state index in [2.05, 4.69) is 29.3 Å². The third-order valence-electron chi connectivity index (χ3n) is 4.29. The van der Waals surface area contributed by atoms with Crippen molar-refractivity contribution in [3.63, 3.8) is 0 Å². The largest absolute Gasteiger partial charge is 0.468 e. The van der Waals surface area contributed by atoms with E-state index in [1.807, 2.05) is 6.07 Å². The Hall–Kier alpha value is -1.31. The average Bonchev–Trinajstić information content (AvgIpc) is 3.17. The summed E-state index contributed by atoms with van der Waals surface area (Å²) in [5.74, 6) is 1.07. The van der Waals surface area contributed by atoms with E-state index in [0.29, 0.717) is 18.5 Å². The number of hydrogen-bond donors (Lipinski definition) is 1. The number of unbranched alkanes of at least 4 members (excludes halogenated alkanes) is 2. The summed E-state index contributed by atoms with van der Waals surface area (Å²) in [5.41, 5.74) is 0. The molecule has 2 atom stereocenters. The highest BCUT2D eigenvalue weighted by atomic mass is 16.3. The van der Waals surface area contributed by atoms with E-state index in [4.69, 9.17) is 9.68 Å². The van der Waals surface area contributed by atoms with E-state index < -0.39 is 0 Å². The number of nitrogens with one attached hydrogen (secondary N) is 1. The van der Waals surface area contributed by atoms with E-state index in [1.165, 1.54) is 25.9 Å². The molecule has 1 aliphatic rings. The van der Waals surface area contributed by atoms with E-state index in [9.17, 15) is 0 Å². The maximum absolute atomic E-state index is 8.55. The van der Waals surface area contributed by atoms with E-state index in [0.717, 1.165) is 31.6 Å². The Morgan fingerprint density at radius 2 is 2.19 bits per heavy atom. The lowest BCUT2D eigenvalue weighted by Gasteiger charge is -2.27. The molecule has 1 aromatic heterocycles. The second-order valence-electron chi connectivity index (χ2n) is 5.99. The minimum Gasteiger partial charge on any atom is -0.468 e. The SMILES string of the molecule is CC(CCCCC#N)NCC(c1ccco1)N1CCCC1. The van der Waals surface area contributed by atoms with Gasteiger partial charge in [0.2, 0.25) is 0 Å². The van der Waals surface area contributed by atoms with Crippen molar-refractivity contribution in [2.75, 3.05) is 19.6 Å². The predicted octanol–water partition coefficient (Wildman–Crippen LogP) is 3.48.